The largest absolute Gasteiger partial charge is 0.469 e. The molecule has 1 aromatic rings. The smallest absolute Gasteiger partial charge is 0.339 e. The van der Waals surface area contributed by atoms with Crippen LogP contribution in [-0.4, -0.2) is 58.9 Å². The van der Waals surface area contributed by atoms with Crippen molar-refractivity contribution in [2.45, 2.75) is 135 Å². The summed E-state index contributed by atoms with van der Waals surface area (Å²) in [5.41, 5.74) is -3.84. The number of epoxide rings is 1. The summed E-state index contributed by atoms with van der Waals surface area (Å²) in [4.78, 5) is 41.1. The molecule has 0 bridgehead atoms. The highest BCUT2D eigenvalue weighted by Gasteiger charge is 2.90. The Hall–Kier alpha value is -2.23. The van der Waals surface area contributed by atoms with Crippen molar-refractivity contribution >= 4 is 17.7 Å². The van der Waals surface area contributed by atoms with E-state index in [1.165, 1.54) is 0 Å². The van der Waals surface area contributed by atoms with E-state index in [1.807, 2.05) is 19.9 Å². The molecule has 6 aliphatic rings. The third kappa shape index (κ3) is 3.61. The van der Waals surface area contributed by atoms with Gasteiger partial charge in [-0.1, -0.05) is 47.5 Å². The number of hydrogen-bond acceptors (Lipinski definition) is 9. The van der Waals surface area contributed by atoms with Gasteiger partial charge in [0.1, 0.15) is 30.2 Å². The lowest BCUT2D eigenvalue weighted by Crippen LogP contribution is -2.76. The highest BCUT2D eigenvalue weighted by atomic mass is 16.7. The van der Waals surface area contributed by atoms with Crippen LogP contribution in [0.15, 0.2) is 16.7 Å². The molecular weight excluding hydrogens is 564 g/mol. The maximum Gasteiger partial charge on any atom is 0.339 e. The highest BCUT2D eigenvalue weighted by molar-refractivity contribution is 5.92. The number of ether oxygens (including phenoxy) is 4. The lowest BCUT2D eigenvalue weighted by Gasteiger charge is -2.66. The Labute approximate surface area is 259 Å². The third-order valence-electron chi connectivity index (χ3n) is 13.0. The summed E-state index contributed by atoms with van der Waals surface area (Å²) in [7, 11) is 0. The topological polar surface area (TPSA) is 125 Å². The summed E-state index contributed by atoms with van der Waals surface area (Å²) in [6.07, 6.45) is 4.91. The maximum atomic E-state index is 14.7. The lowest BCUT2D eigenvalue weighted by molar-refractivity contribution is -0.252. The molecule has 2 spiro atoms. The van der Waals surface area contributed by atoms with Crippen molar-refractivity contribution in [1.82, 2.24) is 0 Å². The second kappa shape index (κ2) is 9.88. The molecule has 242 valence electrons. The van der Waals surface area contributed by atoms with Crippen molar-refractivity contribution in [1.29, 1.82) is 0 Å². The fourth-order valence-electron chi connectivity index (χ4n) is 11.0. The van der Waals surface area contributed by atoms with Crippen molar-refractivity contribution in [3.05, 3.63) is 23.7 Å². The van der Waals surface area contributed by atoms with E-state index in [0.29, 0.717) is 25.2 Å². The minimum absolute atomic E-state index is 0.0613. The molecule has 4 aliphatic heterocycles. The Morgan fingerprint density at radius 1 is 1.07 bits per heavy atom. The number of furan rings is 1. The molecule has 9 nitrogen and oxygen atoms in total. The van der Waals surface area contributed by atoms with Crippen molar-refractivity contribution in [3.8, 4) is 0 Å². The first-order valence-electron chi connectivity index (χ1n) is 16.8. The van der Waals surface area contributed by atoms with E-state index in [9.17, 15) is 19.5 Å². The van der Waals surface area contributed by atoms with Gasteiger partial charge in [0.15, 0.2) is 11.9 Å². The molecule has 11 unspecified atom stereocenters. The van der Waals surface area contributed by atoms with E-state index in [2.05, 4.69) is 27.7 Å². The van der Waals surface area contributed by atoms with Gasteiger partial charge in [-0.25, -0.2) is 4.79 Å². The molecule has 44 heavy (non-hydrogen) atoms. The number of aryl methyl sites for hydroxylation is 1. The summed E-state index contributed by atoms with van der Waals surface area (Å²) in [6, 6.07) is 1.90. The second-order valence-corrected chi connectivity index (χ2v) is 15.7. The summed E-state index contributed by atoms with van der Waals surface area (Å²) in [5, 5.41) is 12.3. The fourth-order valence-corrected chi connectivity index (χ4v) is 11.0. The molecule has 9 heteroatoms. The minimum Gasteiger partial charge on any atom is -0.469 e. The zero-order chi connectivity index (χ0) is 31.4. The third-order valence-corrected chi connectivity index (χ3v) is 13.0. The molecule has 4 saturated heterocycles. The average Bonchev–Trinajstić information content (AvgIpc) is 3.51. The number of carbonyl (C=O) groups excluding carboxylic acids is 3. The van der Waals surface area contributed by atoms with Crippen LogP contribution >= 0.6 is 0 Å². The van der Waals surface area contributed by atoms with Crippen LogP contribution in [0.5, 0.6) is 0 Å². The quantitative estimate of drug-likeness (QED) is 0.238. The summed E-state index contributed by atoms with van der Waals surface area (Å²) in [5.74, 6) is -0.803. The number of esters is 2. The van der Waals surface area contributed by atoms with Gasteiger partial charge < -0.3 is 28.5 Å². The predicted octanol–water partition coefficient (Wildman–Crippen LogP) is 5.26. The van der Waals surface area contributed by atoms with E-state index in [-0.39, 0.29) is 30.7 Å². The van der Waals surface area contributed by atoms with E-state index in [4.69, 9.17) is 23.4 Å². The van der Waals surface area contributed by atoms with Gasteiger partial charge >= 0.3 is 11.9 Å². The number of unbranched alkanes of at least 4 members (excludes halogenated alkanes) is 2. The van der Waals surface area contributed by atoms with Crippen molar-refractivity contribution in [2.24, 2.45) is 34.0 Å². The number of aliphatic hydroxyl groups is 1. The Morgan fingerprint density at radius 2 is 1.84 bits per heavy atom. The van der Waals surface area contributed by atoms with Gasteiger partial charge in [0, 0.05) is 28.2 Å². The number of Topliss-reactive ketones (excluding diaryl/α,β-unsaturated/α-hetero) is 1. The van der Waals surface area contributed by atoms with Crippen LogP contribution in [0.25, 0.3) is 0 Å². The van der Waals surface area contributed by atoms with Gasteiger partial charge in [0.25, 0.3) is 0 Å². The SMILES string of the molecule is CCCCCc1occc1C1OC(=O)C2OC23C1(C)CCC1C24COC(=O)CC2OC(C)(CCC(C)C)C4C(=O)C(O)C13C. The zero-order valence-electron chi connectivity index (χ0n) is 27.0. The van der Waals surface area contributed by atoms with Crippen LogP contribution in [-0.2, 0) is 39.8 Å². The van der Waals surface area contributed by atoms with E-state index in [1.54, 1.807) is 6.26 Å². The van der Waals surface area contributed by atoms with E-state index < -0.39 is 63.8 Å². The maximum absolute atomic E-state index is 14.7. The number of fused-ring (bicyclic) bond motifs is 1. The average molecular weight is 613 g/mol. The van der Waals surface area contributed by atoms with Crippen molar-refractivity contribution < 1.29 is 42.9 Å². The Balaban J connectivity index is 1.34. The summed E-state index contributed by atoms with van der Waals surface area (Å²) >= 11 is 0. The molecule has 7 rings (SSSR count). The standard InChI is InChI=1S/C35H48O9/c1-7-8-9-10-21-20(13-16-40-21)28-31(4)14-12-22-33(6,35(31)29(44-35)30(39)42-28)27(38)25(37)26-32(5,15-11-19(2)3)43-23-17-24(36)41-18-34(22,23)26/h13,16,19,22-23,26-29,38H,7-12,14-15,17-18H2,1-6H3. The Morgan fingerprint density at radius 3 is 2.57 bits per heavy atom. The fraction of sp³-hybridized carbons (Fsp3) is 0.800. The van der Waals surface area contributed by atoms with Gasteiger partial charge in [0.2, 0.25) is 0 Å². The van der Waals surface area contributed by atoms with Gasteiger partial charge in [-0.3, -0.25) is 9.59 Å². The zero-order valence-corrected chi connectivity index (χ0v) is 27.0. The van der Waals surface area contributed by atoms with Crippen molar-refractivity contribution in [3.63, 3.8) is 0 Å². The van der Waals surface area contributed by atoms with Crippen LogP contribution in [0.3, 0.4) is 0 Å². The van der Waals surface area contributed by atoms with Crippen LogP contribution in [0.2, 0.25) is 0 Å². The van der Waals surface area contributed by atoms with Gasteiger partial charge in [-0.2, -0.15) is 0 Å². The first-order valence-corrected chi connectivity index (χ1v) is 16.8. The molecule has 11 atom stereocenters. The molecule has 0 radical (unpaired) electrons. The first kappa shape index (κ1) is 30.4. The van der Waals surface area contributed by atoms with Crippen molar-refractivity contribution in [2.75, 3.05) is 6.61 Å². The second-order valence-electron chi connectivity index (χ2n) is 15.7. The van der Waals surface area contributed by atoms with E-state index in [0.717, 1.165) is 43.4 Å². The number of hydrogen-bond donors (Lipinski definition) is 1. The molecule has 1 aromatic heterocycles. The Bertz CT molecular complexity index is 1370. The summed E-state index contributed by atoms with van der Waals surface area (Å²) in [6.45, 7) is 12.5. The van der Waals surface area contributed by atoms with Crippen LogP contribution in [0, 0.1) is 34.0 Å². The van der Waals surface area contributed by atoms with Crippen LogP contribution < -0.4 is 0 Å². The summed E-state index contributed by atoms with van der Waals surface area (Å²) < 4.78 is 31.3. The van der Waals surface area contributed by atoms with Gasteiger partial charge in [0.05, 0.1) is 30.3 Å². The molecule has 0 amide bonds. The molecule has 2 aliphatic carbocycles. The number of rotatable bonds is 8. The molecule has 6 fully saturated rings. The monoisotopic (exact) mass is 612 g/mol. The predicted molar refractivity (Wildman–Crippen MR) is 157 cm³/mol. The molecular formula is C35H48O9. The lowest BCUT2D eigenvalue weighted by atomic mass is 9.36. The van der Waals surface area contributed by atoms with Crippen LogP contribution in [0.1, 0.15) is 110 Å². The number of cyclic esters (lactones) is 2. The normalized spacial score (nSPS) is 47.2. The number of aliphatic hydroxyl groups excluding tert-OH is 1. The van der Waals surface area contributed by atoms with Gasteiger partial charge in [-0.05, 0) is 56.9 Å². The van der Waals surface area contributed by atoms with Gasteiger partial charge in [-0.15, -0.1) is 0 Å². The molecule has 0 aromatic carbocycles. The number of ketones is 1. The van der Waals surface area contributed by atoms with Crippen LogP contribution in [0.4, 0.5) is 0 Å². The highest BCUT2D eigenvalue weighted by Crippen LogP contribution is 2.80. The first-order chi connectivity index (χ1) is 20.8. The Kier molecular flexibility index (Phi) is 6.83. The van der Waals surface area contributed by atoms with E-state index >= 15 is 0 Å². The molecule has 5 heterocycles. The number of carbonyl (C=O) groups is 3. The minimum atomic E-state index is -1.38. The molecule has 1 N–H and O–H groups in total. The molecule has 2 saturated carbocycles.